The molecule has 70 valence electrons. The summed E-state index contributed by atoms with van der Waals surface area (Å²) in [6.07, 6.45) is 0.480. The van der Waals surface area contributed by atoms with Crippen LogP contribution in [-0.4, -0.2) is 24.8 Å². The minimum atomic E-state index is -4.98. The van der Waals surface area contributed by atoms with Gasteiger partial charge in [0.05, 0.1) is 6.26 Å². The van der Waals surface area contributed by atoms with Crippen LogP contribution in [0.4, 0.5) is 4.79 Å². The van der Waals surface area contributed by atoms with E-state index in [-0.39, 0.29) is 0 Å². The molecule has 0 heterocycles. The van der Waals surface area contributed by atoms with Crippen LogP contribution in [0.15, 0.2) is 12.8 Å². The van der Waals surface area contributed by atoms with Crippen LogP contribution in [0.25, 0.3) is 0 Å². The third kappa shape index (κ3) is 2.98. The van der Waals surface area contributed by atoms with E-state index in [2.05, 4.69) is 11.1 Å². The molecule has 0 bridgehead atoms. The van der Waals surface area contributed by atoms with Gasteiger partial charge in [-0.3, -0.25) is 0 Å². The Morgan fingerprint density at radius 2 is 1.92 bits per heavy atom. The minimum absolute atomic E-state index is 0.480. The molecule has 1 unspecified atom stereocenters. The van der Waals surface area contributed by atoms with Crippen LogP contribution in [0.3, 0.4) is 0 Å². The van der Waals surface area contributed by atoms with Crippen molar-refractivity contribution in [2.45, 2.75) is 0 Å². The quantitative estimate of drug-likeness (QED) is 0.391. The zero-order chi connectivity index (χ0) is 9.99. The second-order valence-corrected chi connectivity index (χ2v) is 5.20. The maximum absolute atomic E-state index is 10.6. The highest BCUT2D eigenvalue weighted by atomic mass is 31.3. The van der Waals surface area contributed by atoms with Crippen LogP contribution in [0.5, 0.6) is 0 Å². The summed E-state index contributed by atoms with van der Waals surface area (Å²) >= 11 is 0. The average molecular weight is 217 g/mol. The number of carbonyl (C=O) groups is 1. The summed E-state index contributed by atoms with van der Waals surface area (Å²) in [6, 6.07) is 0. The van der Waals surface area contributed by atoms with E-state index in [9.17, 15) is 9.36 Å². The highest BCUT2D eigenvalue weighted by Crippen LogP contribution is 2.62. The second-order valence-electron chi connectivity index (χ2n) is 1.64. The Morgan fingerprint density at radius 3 is 2.17 bits per heavy atom. The van der Waals surface area contributed by atoms with Crippen molar-refractivity contribution in [1.82, 2.24) is 0 Å². The predicted octanol–water partition coefficient (Wildman–Crippen LogP) is 0.191. The maximum Gasteiger partial charge on any atom is 0.493 e. The Balaban J connectivity index is 4.70. The van der Waals surface area contributed by atoms with E-state index in [1.807, 2.05) is 0 Å². The van der Waals surface area contributed by atoms with E-state index in [0.29, 0.717) is 6.26 Å². The molecule has 0 aromatic heterocycles. The minimum Gasteiger partial charge on any atom is -0.425 e. The summed E-state index contributed by atoms with van der Waals surface area (Å²) in [5.41, 5.74) is 0. The van der Waals surface area contributed by atoms with E-state index in [4.69, 9.17) is 19.6 Å². The molecular formula is C3H7O7P2+. The topological polar surface area (TPSA) is 124 Å². The molecule has 0 aliphatic rings. The molecule has 0 aromatic rings. The first kappa shape index (κ1) is 11.7. The molecule has 1 atom stereocenters. The van der Waals surface area contributed by atoms with Gasteiger partial charge in [-0.1, -0.05) is 6.58 Å². The van der Waals surface area contributed by atoms with Crippen LogP contribution in [-0.2, 0) is 9.09 Å². The maximum atomic E-state index is 10.6. The van der Waals surface area contributed by atoms with Gasteiger partial charge in [-0.15, -0.1) is 0 Å². The predicted molar refractivity (Wildman–Crippen MR) is 40.1 cm³/mol. The van der Waals surface area contributed by atoms with Gasteiger partial charge in [0.15, 0.2) is 0 Å². The van der Waals surface area contributed by atoms with Crippen molar-refractivity contribution >= 4 is 20.8 Å². The number of carbonyl (C=O) groups excluding carboxylic acids is 1. The van der Waals surface area contributed by atoms with Crippen molar-refractivity contribution in [3.05, 3.63) is 12.8 Å². The van der Waals surface area contributed by atoms with Gasteiger partial charge in [0.2, 0.25) is 0 Å². The van der Waals surface area contributed by atoms with Crippen molar-refractivity contribution in [2.75, 3.05) is 0 Å². The molecule has 0 aromatic carbocycles. The summed E-state index contributed by atoms with van der Waals surface area (Å²) in [7, 11) is -9.85. The molecule has 0 amide bonds. The SMILES string of the molecule is C=COP(=O)(O)C(=O)[P+](O)(O)O. The molecule has 0 saturated heterocycles. The van der Waals surface area contributed by atoms with Crippen molar-refractivity contribution in [3.63, 3.8) is 0 Å². The summed E-state index contributed by atoms with van der Waals surface area (Å²) in [6.45, 7) is 2.87. The van der Waals surface area contributed by atoms with Gasteiger partial charge >= 0.3 is 20.8 Å². The van der Waals surface area contributed by atoms with Crippen LogP contribution >= 0.6 is 15.5 Å². The van der Waals surface area contributed by atoms with Crippen LogP contribution in [0, 0.1) is 0 Å². The average Bonchev–Trinajstić information content (AvgIpc) is 1.84. The molecule has 0 radical (unpaired) electrons. The summed E-state index contributed by atoms with van der Waals surface area (Å²) in [5.74, 6) is 0. The van der Waals surface area contributed by atoms with Crippen molar-refractivity contribution < 1.29 is 33.5 Å². The third-order valence-corrected chi connectivity index (χ3v) is 3.71. The molecule has 12 heavy (non-hydrogen) atoms. The van der Waals surface area contributed by atoms with Crippen molar-refractivity contribution in [2.24, 2.45) is 0 Å². The second kappa shape index (κ2) is 3.62. The van der Waals surface area contributed by atoms with Crippen molar-refractivity contribution in [1.29, 1.82) is 0 Å². The lowest BCUT2D eigenvalue weighted by Crippen LogP contribution is -2.04. The first-order valence-corrected chi connectivity index (χ1v) is 5.69. The molecule has 0 spiro atoms. The number of hydrogen-bond donors (Lipinski definition) is 4. The lowest BCUT2D eigenvalue weighted by atomic mass is 11.2. The number of rotatable bonds is 4. The molecular weight excluding hydrogens is 210 g/mol. The standard InChI is InChI=1S/C3H6O7P2/c1-2-10-12(8,9)3(4)11(5,6)7/h2,5-7H,1H2/p+1. The Morgan fingerprint density at radius 1 is 1.50 bits per heavy atom. The van der Waals surface area contributed by atoms with Crippen LogP contribution in [0.2, 0.25) is 0 Å². The largest absolute Gasteiger partial charge is 0.493 e. The Hall–Kier alpha value is -0.290. The van der Waals surface area contributed by atoms with Gasteiger partial charge in [0.1, 0.15) is 0 Å². The van der Waals surface area contributed by atoms with Gasteiger partial charge in [0.25, 0.3) is 0 Å². The normalized spacial score (nSPS) is 16.3. The molecule has 9 heteroatoms. The highest BCUT2D eigenvalue weighted by Gasteiger charge is 2.56. The molecule has 0 aliphatic carbocycles. The fourth-order valence-corrected chi connectivity index (χ4v) is 2.11. The lowest BCUT2D eigenvalue weighted by Gasteiger charge is -2.06. The molecule has 4 N–H and O–H groups in total. The van der Waals surface area contributed by atoms with Crippen molar-refractivity contribution in [3.8, 4) is 0 Å². The zero-order valence-electron chi connectivity index (χ0n) is 5.69. The molecule has 0 aliphatic heterocycles. The number of hydrogen-bond acceptors (Lipinski definition) is 6. The molecule has 0 fully saturated rings. The van der Waals surface area contributed by atoms with E-state index in [1.165, 1.54) is 0 Å². The lowest BCUT2D eigenvalue weighted by molar-refractivity contribution is 0.247. The Labute approximate surface area is 68.0 Å². The fourth-order valence-electron chi connectivity index (χ4n) is 0.316. The van der Waals surface area contributed by atoms with Gasteiger partial charge in [-0.05, 0) is 0 Å². The van der Waals surface area contributed by atoms with Gasteiger partial charge in [0, 0.05) is 0 Å². The third-order valence-electron chi connectivity index (χ3n) is 0.716. The van der Waals surface area contributed by atoms with E-state index in [0.717, 1.165) is 0 Å². The monoisotopic (exact) mass is 217 g/mol. The summed E-state index contributed by atoms with van der Waals surface area (Å²) in [4.78, 5) is 43.9. The van der Waals surface area contributed by atoms with Crippen LogP contribution < -0.4 is 0 Å². The molecule has 0 rings (SSSR count). The summed E-state index contributed by atoms with van der Waals surface area (Å²) < 4.78 is 14.4. The Kier molecular flexibility index (Phi) is 3.53. The van der Waals surface area contributed by atoms with Gasteiger partial charge < -0.3 is 9.42 Å². The molecule has 0 saturated carbocycles. The van der Waals surface area contributed by atoms with Gasteiger partial charge in [-0.25, -0.2) is 9.36 Å². The highest BCUT2D eigenvalue weighted by molar-refractivity contribution is 8.00. The fraction of sp³-hybridized carbons (Fsp3) is 0. The smallest absolute Gasteiger partial charge is 0.425 e. The van der Waals surface area contributed by atoms with E-state index >= 15 is 0 Å². The zero-order valence-corrected chi connectivity index (χ0v) is 7.48. The first-order chi connectivity index (χ1) is 5.22. The summed E-state index contributed by atoms with van der Waals surface area (Å²) in [5, 5.41) is -2.03. The van der Waals surface area contributed by atoms with E-state index in [1.54, 1.807) is 0 Å². The van der Waals surface area contributed by atoms with E-state index < -0.39 is 20.8 Å². The van der Waals surface area contributed by atoms with Gasteiger partial charge in [-0.2, -0.15) is 14.7 Å². The first-order valence-electron chi connectivity index (χ1n) is 2.46. The Bertz CT molecular complexity index is 240. The molecule has 7 nitrogen and oxygen atoms in total. The van der Waals surface area contributed by atoms with Crippen LogP contribution in [0.1, 0.15) is 0 Å².